The van der Waals surface area contributed by atoms with E-state index >= 15 is 4.39 Å². The first-order valence-corrected chi connectivity index (χ1v) is 12.6. The Morgan fingerprint density at radius 3 is 2.52 bits per heavy atom. The first-order chi connectivity index (χ1) is 14.8. The highest BCUT2D eigenvalue weighted by Gasteiger charge is 2.45. The van der Waals surface area contributed by atoms with Gasteiger partial charge in [0, 0.05) is 35.8 Å². The highest BCUT2D eigenvalue weighted by molar-refractivity contribution is 7.88. The van der Waals surface area contributed by atoms with Gasteiger partial charge in [0.25, 0.3) is 0 Å². The van der Waals surface area contributed by atoms with Crippen LogP contribution in [0.1, 0.15) is 39.0 Å². The van der Waals surface area contributed by atoms with Crippen molar-refractivity contribution < 1.29 is 12.8 Å². The summed E-state index contributed by atoms with van der Waals surface area (Å²) in [5.74, 6) is 0.247. The summed E-state index contributed by atoms with van der Waals surface area (Å²) < 4.78 is 41.2. The molecular formula is C20H28FN7O2S. The summed E-state index contributed by atoms with van der Waals surface area (Å²) >= 11 is 0. The first kappa shape index (κ1) is 20.8. The van der Waals surface area contributed by atoms with E-state index in [0.717, 1.165) is 19.3 Å². The zero-order chi connectivity index (χ0) is 21.8. The van der Waals surface area contributed by atoms with Crippen molar-refractivity contribution in [3.63, 3.8) is 0 Å². The molecule has 3 fully saturated rings. The molecule has 11 heteroatoms. The molecule has 5 rings (SSSR count). The highest BCUT2D eigenvalue weighted by atomic mass is 32.2. The minimum absolute atomic E-state index is 0.00364. The zero-order valence-electron chi connectivity index (χ0n) is 17.6. The lowest BCUT2D eigenvalue weighted by Crippen LogP contribution is -2.49. The molecule has 2 bridgehead atoms. The van der Waals surface area contributed by atoms with Crippen LogP contribution in [-0.2, 0) is 10.0 Å². The SMILES string of the molecule is CC1CC(Nc2nc(NC3C[C@H]4CC[C@@H](C3)N4S(C)(=O)=O)c3cccnc3c2F)NN1. The summed E-state index contributed by atoms with van der Waals surface area (Å²) in [5.41, 5.74) is 6.47. The molecule has 0 aromatic carbocycles. The van der Waals surface area contributed by atoms with Crippen LogP contribution in [0.4, 0.5) is 16.0 Å². The van der Waals surface area contributed by atoms with Crippen LogP contribution in [0.3, 0.4) is 0 Å². The largest absolute Gasteiger partial charge is 0.367 e. The van der Waals surface area contributed by atoms with Crippen molar-refractivity contribution >= 4 is 32.6 Å². The minimum atomic E-state index is -3.22. The molecule has 3 unspecified atom stereocenters. The standard InChI is InChI=1S/C20H28FN7O2S/c1-11-8-16(27-26-11)24-20-17(21)18-15(4-3-7-22-18)19(25-20)23-12-9-13-5-6-14(10-12)28(13)31(2,29)30/h3-4,7,11-14,16,26-27H,5-6,8-10H2,1-2H3,(H2,23,24,25)/t11?,12?,13-,14+,16?. The number of hydrazine groups is 1. The number of hydrogen-bond donors (Lipinski definition) is 4. The number of rotatable bonds is 5. The fraction of sp³-hybridized carbons (Fsp3) is 0.600. The second kappa shape index (κ2) is 7.80. The van der Waals surface area contributed by atoms with E-state index in [1.807, 2.05) is 13.0 Å². The molecule has 5 atom stereocenters. The molecule has 4 N–H and O–H groups in total. The van der Waals surface area contributed by atoms with Gasteiger partial charge in [0.05, 0.1) is 12.4 Å². The minimum Gasteiger partial charge on any atom is -0.367 e. The summed E-state index contributed by atoms with van der Waals surface area (Å²) in [6.45, 7) is 2.05. The third kappa shape index (κ3) is 3.95. The van der Waals surface area contributed by atoms with E-state index < -0.39 is 15.8 Å². The van der Waals surface area contributed by atoms with Crippen molar-refractivity contribution in [2.75, 3.05) is 16.9 Å². The summed E-state index contributed by atoms with van der Waals surface area (Å²) in [7, 11) is -3.22. The van der Waals surface area contributed by atoms with Crippen LogP contribution >= 0.6 is 0 Å². The fourth-order valence-corrected chi connectivity index (χ4v) is 6.74. The van der Waals surface area contributed by atoms with Gasteiger partial charge in [-0.15, -0.1) is 0 Å². The molecule has 168 valence electrons. The molecule has 2 aromatic rings. The topological polar surface area (TPSA) is 111 Å². The Bertz CT molecular complexity index is 1080. The molecule has 0 spiro atoms. The van der Waals surface area contributed by atoms with Crippen LogP contribution in [0.5, 0.6) is 0 Å². The lowest BCUT2D eigenvalue weighted by atomic mass is 9.99. The van der Waals surface area contributed by atoms with Crippen molar-refractivity contribution in [3.05, 3.63) is 24.1 Å². The lowest BCUT2D eigenvalue weighted by molar-refractivity contribution is 0.236. The smallest absolute Gasteiger partial charge is 0.211 e. The van der Waals surface area contributed by atoms with Gasteiger partial charge in [-0.1, -0.05) is 0 Å². The number of sulfonamides is 1. The quantitative estimate of drug-likeness (QED) is 0.547. The maximum absolute atomic E-state index is 15.2. The average Bonchev–Trinajstić information content (AvgIpc) is 3.26. The van der Waals surface area contributed by atoms with Gasteiger partial charge in [-0.25, -0.2) is 23.2 Å². The van der Waals surface area contributed by atoms with Gasteiger partial charge in [0.2, 0.25) is 10.0 Å². The first-order valence-electron chi connectivity index (χ1n) is 10.8. The molecule has 2 aromatic heterocycles. The van der Waals surface area contributed by atoms with E-state index in [1.165, 1.54) is 6.26 Å². The Balaban J connectivity index is 1.43. The van der Waals surface area contributed by atoms with E-state index in [2.05, 4.69) is 31.5 Å². The molecule has 31 heavy (non-hydrogen) atoms. The number of aromatic nitrogens is 2. The van der Waals surface area contributed by atoms with Crippen molar-refractivity contribution in [3.8, 4) is 0 Å². The Morgan fingerprint density at radius 1 is 1.13 bits per heavy atom. The van der Waals surface area contributed by atoms with Gasteiger partial charge >= 0.3 is 0 Å². The third-order valence-corrected chi connectivity index (χ3v) is 7.86. The van der Waals surface area contributed by atoms with Crippen LogP contribution in [0.15, 0.2) is 18.3 Å². The molecule has 3 saturated heterocycles. The van der Waals surface area contributed by atoms with Crippen LogP contribution in [0.25, 0.3) is 10.9 Å². The van der Waals surface area contributed by atoms with Crippen LogP contribution in [0.2, 0.25) is 0 Å². The summed E-state index contributed by atoms with van der Waals surface area (Å²) in [4.78, 5) is 8.84. The van der Waals surface area contributed by atoms with Gasteiger partial charge in [-0.05, 0) is 51.2 Å². The summed E-state index contributed by atoms with van der Waals surface area (Å²) in [6, 6.07) is 3.92. The van der Waals surface area contributed by atoms with Crippen LogP contribution < -0.4 is 21.5 Å². The second-order valence-corrected chi connectivity index (χ2v) is 10.8. The van der Waals surface area contributed by atoms with Gasteiger partial charge in [0.1, 0.15) is 11.3 Å². The predicted octanol–water partition coefficient (Wildman–Crippen LogP) is 1.76. The number of nitrogens with one attached hydrogen (secondary N) is 4. The van der Waals surface area contributed by atoms with Crippen LogP contribution in [-0.4, -0.2) is 59.3 Å². The molecule has 0 amide bonds. The Labute approximate surface area is 181 Å². The van der Waals surface area contributed by atoms with E-state index in [-0.39, 0.29) is 41.7 Å². The Hall–Kier alpha value is -2.08. The monoisotopic (exact) mass is 449 g/mol. The van der Waals surface area contributed by atoms with Crippen molar-refractivity contribution in [2.24, 2.45) is 0 Å². The van der Waals surface area contributed by atoms with Crippen molar-refractivity contribution in [1.29, 1.82) is 0 Å². The number of pyridine rings is 2. The molecule has 3 aliphatic rings. The van der Waals surface area contributed by atoms with Crippen LogP contribution in [0, 0.1) is 5.82 Å². The van der Waals surface area contributed by atoms with E-state index in [4.69, 9.17) is 0 Å². The average molecular weight is 450 g/mol. The maximum atomic E-state index is 15.2. The summed E-state index contributed by atoms with van der Waals surface area (Å²) in [5, 5.41) is 7.24. The zero-order valence-corrected chi connectivity index (χ0v) is 18.4. The van der Waals surface area contributed by atoms with Gasteiger partial charge in [0.15, 0.2) is 11.6 Å². The second-order valence-electron chi connectivity index (χ2n) is 8.94. The number of anilines is 2. The number of halogens is 1. The number of piperidine rings is 1. The number of nitrogens with zero attached hydrogens (tertiary/aromatic N) is 3. The number of fused-ring (bicyclic) bond motifs is 3. The maximum Gasteiger partial charge on any atom is 0.211 e. The van der Waals surface area contributed by atoms with E-state index in [1.54, 1.807) is 16.6 Å². The van der Waals surface area contributed by atoms with Crippen molar-refractivity contribution in [1.82, 2.24) is 25.1 Å². The lowest BCUT2D eigenvalue weighted by Gasteiger charge is -2.37. The molecule has 0 saturated carbocycles. The van der Waals surface area contributed by atoms with E-state index in [0.29, 0.717) is 24.0 Å². The van der Waals surface area contributed by atoms with Gasteiger partial charge in [-0.2, -0.15) is 4.31 Å². The third-order valence-electron chi connectivity index (χ3n) is 6.50. The predicted molar refractivity (Wildman–Crippen MR) is 117 cm³/mol. The molecule has 0 aliphatic carbocycles. The molecule has 0 radical (unpaired) electrons. The molecule has 5 heterocycles. The van der Waals surface area contributed by atoms with Gasteiger partial charge in [-0.3, -0.25) is 10.4 Å². The molecule has 9 nitrogen and oxygen atoms in total. The normalized spacial score (nSPS) is 31.3. The van der Waals surface area contributed by atoms with Crippen molar-refractivity contribution in [2.45, 2.75) is 69.4 Å². The summed E-state index contributed by atoms with van der Waals surface area (Å²) in [6.07, 6.45) is 6.67. The Kier molecular flexibility index (Phi) is 5.24. The Morgan fingerprint density at radius 2 is 1.87 bits per heavy atom. The van der Waals surface area contributed by atoms with E-state index in [9.17, 15) is 8.42 Å². The molecule has 3 aliphatic heterocycles. The van der Waals surface area contributed by atoms with Gasteiger partial charge < -0.3 is 10.6 Å². The fourth-order valence-electron chi connectivity index (χ4n) is 5.27. The highest BCUT2D eigenvalue weighted by Crippen LogP contribution is 2.39. The molecular weight excluding hydrogens is 421 g/mol. The number of hydrogen-bond acceptors (Lipinski definition) is 8.